The van der Waals surface area contributed by atoms with Crippen molar-refractivity contribution in [1.29, 1.82) is 0 Å². The zero-order valence-electron chi connectivity index (χ0n) is 21.5. The van der Waals surface area contributed by atoms with Crippen molar-refractivity contribution in [2.75, 3.05) is 46.6 Å². The summed E-state index contributed by atoms with van der Waals surface area (Å²) in [5, 5.41) is 25.5. The molecule has 35 heavy (non-hydrogen) atoms. The Morgan fingerprint density at radius 2 is 2.00 bits per heavy atom. The van der Waals surface area contributed by atoms with Crippen molar-refractivity contribution in [2.24, 2.45) is 16.8 Å². The predicted molar refractivity (Wildman–Crippen MR) is 143 cm³/mol. The summed E-state index contributed by atoms with van der Waals surface area (Å²) in [6, 6.07) is 8.46. The molecule has 1 aliphatic heterocycles. The maximum atomic E-state index is 10.2. The molecule has 0 radical (unpaired) electrons. The van der Waals surface area contributed by atoms with Crippen molar-refractivity contribution >= 4 is 11.8 Å². The summed E-state index contributed by atoms with van der Waals surface area (Å²) >= 11 is 0. The van der Waals surface area contributed by atoms with Crippen molar-refractivity contribution < 1.29 is 14.9 Å². The molecule has 2 unspecified atom stereocenters. The van der Waals surface area contributed by atoms with E-state index in [4.69, 9.17) is 9.84 Å². The molecule has 1 saturated heterocycles. The molecule has 4 N–H and O–H groups in total. The Hall–Kier alpha value is -2.19. The first-order chi connectivity index (χ1) is 17.1. The van der Waals surface area contributed by atoms with Gasteiger partial charge < -0.3 is 20.3 Å². The lowest BCUT2D eigenvalue weighted by molar-refractivity contribution is 0.0655. The summed E-state index contributed by atoms with van der Waals surface area (Å²) in [5.41, 5.74) is 3.79. The van der Waals surface area contributed by atoms with Crippen LogP contribution in [0.4, 0.5) is 0 Å². The van der Waals surface area contributed by atoms with Crippen LogP contribution in [0.3, 0.4) is 0 Å². The minimum Gasteiger partial charge on any atom is -0.493 e. The van der Waals surface area contributed by atoms with E-state index in [-0.39, 0.29) is 12.5 Å². The summed E-state index contributed by atoms with van der Waals surface area (Å²) in [6.07, 6.45) is 11.7. The first-order valence-corrected chi connectivity index (χ1v) is 13.1. The van der Waals surface area contributed by atoms with Gasteiger partial charge in [-0.1, -0.05) is 25.1 Å². The maximum Gasteiger partial charge on any atom is 0.119 e. The summed E-state index contributed by atoms with van der Waals surface area (Å²) in [5.74, 6) is 1.74. The van der Waals surface area contributed by atoms with E-state index in [1.165, 1.54) is 16.7 Å². The number of aliphatic hydroxyl groups is 2. The minimum absolute atomic E-state index is 0.0449. The molecule has 1 fully saturated rings. The lowest BCUT2D eigenvalue weighted by Gasteiger charge is -2.31. The molecule has 2 atom stereocenters. The number of rotatable bonds is 13. The van der Waals surface area contributed by atoms with Crippen LogP contribution in [0.15, 0.2) is 47.1 Å². The van der Waals surface area contributed by atoms with E-state index in [1.54, 1.807) is 0 Å². The molecule has 1 heterocycles. The second-order valence-electron chi connectivity index (χ2n) is 9.61. The van der Waals surface area contributed by atoms with Crippen LogP contribution in [-0.4, -0.2) is 74.1 Å². The highest BCUT2D eigenvalue weighted by molar-refractivity contribution is 5.78. The van der Waals surface area contributed by atoms with Crippen molar-refractivity contribution in [3.63, 3.8) is 0 Å². The molecule has 3 rings (SSSR count). The first kappa shape index (κ1) is 27.4. The van der Waals surface area contributed by atoms with Crippen molar-refractivity contribution in [2.45, 2.75) is 51.7 Å². The van der Waals surface area contributed by atoms with Crippen LogP contribution in [0, 0.1) is 11.8 Å². The number of aliphatic imine (C=N–C) groups is 1. The van der Waals surface area contributed by atoms with Gasteiger partial charge in [0.25, 0.3) is 0 Å². The largest absolute Gasteiger partial charge is 0.493 e. The molecule has 0 saturated carbocycles. The first-order valence-electron chi connectivity index (χ1n) is 13.1. The Morgan fingerprint density at radius 1 is 1.23 bits per heavy atom. The summed E-state index contributed by atoms with van der Waals surface area (Å²) in [4.78, 5) is 6.55. The number of hydrogen-bond acceptors (Lipinski definition) is 7. The van der Waals surface area contributed by atoms with E-state index >= 15 is 0 Å². The Morgan fingerprint density at radius 3 is 2.63 bits per heavy atom. The van der Waals surface area contributed by atoms with Gasteiger partial charge in [-0.3, -0.25) is 15.2 Å². The Bertz CT molecular complexity index is 829. The van der Waals surface area contributed by atoms with Crippen LogP contribution in [0.2, 0.25) is 0 Å². The van der Waals surface area contributed by atoms with E-state index in [1.807, 2.05) is 13.3 Å². The minimum atomic E-state index is -0.551. The molecule has 7 nitrogen and oxygen atoms in total. The molecule has 1 aliphatic carbocycles. The lowest BCUT2D eigenvalue weighted by atomic mass is 9.85. The number of ether oxygens (including phenoxy) is 1. The lowest BCUT2D eigenvalue weighted by Crippen LogP contribution is -2.39. The van der Waals surface area contributed by atoms with Crippen LogP contribution in [0.25, 0.3) is 5.57 Å². The van der Waals surface area contributed by atoms with Crippen molar-refractivity contribution in [1.82, 2.24) is 15.5 Å². The van der Waals surface area contributed by atoms with Crippen LogP contribution in [0.5, 0.6) is 5.75 Å². The highest BCUT2D eigenvalue weighted by Crippen LogP contribution is 2.32. The van der Waals surface area contributed by atoms with Crippen molar-refractivity contribution in [3.05, 3.63) is 47.7 Å². The van der Waals surface area contributed by atoms with Gasteiger partial charge in [-0.25, -0.2) is 0 Å². The summed E-state index contributed by atoms with van der Waals surface area (Å²) in [6.45, 7) is 6.46. The fourth-order valence-corrected chi connectivity index (χ4v) is 4.78. The Labute approximate surface area is 211 Å². The number of likely N-dealkylation sites (tertiary alicyclic amines) is 1. The molecule has 0 amide bonds. The Kier molecular flexibility index (Phi) is 11.8. The van der Waals surface area contributed by atoms with Crippen LogP contribution < -0.4 is 15.4 Å². The van der Waals surface area contributed by atoms with Gasteiger partial charge in [0.2, 0.25) is 0 Å². The molecule has 1 aromatic rings. The van der Waals surface area contributed by atoms with E-state index in [0.717, 1.165) is 70.6 Å². The number of nitrogens with one attached hydrogen (secondary N) is 2. The molecule has 0 bridgehead atoms. The molecule has 0 aromatic heterocycles. The number of nitrogens with zero attached hydrogens (tertiary/aromatic N) is 2. The normalized spacial score (nSPS) is 21.2. The molecule has 194 valence electrons. The van der Waals surface area contributed by atoms with Gasteiger partial charge in [-0.15, -0.1) is 0 Å². The van der Waals surface area contributed by atoms with Gasteiger partial charge in [0.15, 0.2) is 0 Å². The van der Waals surface area contributed by atoms with E-state index in [2.05, 4.69) is 64.0 Å². The molecular formula is C28H44N4O3. The van der Waals surface area contributed by atoms with Crippen molar-refractivity contribution in [3.8, 4) is 5.75 Å². The third-order valence-electron chi connectivity index (χ3n) is 7.09. The van der Waals surface area contributed by atoms with Gasteiger partial charge in [-0.05, 0) is 73.3 Å². The highest BCUT2D eigenvalue weighted by atomic mass is 16.5. The Balaban J connectivity index is 1.36. The number of hydrogen-bond donors (Lipinski definition) is 4. The van der Waals surface area contributed by atoms with Gasteiger partial charge in [0.1, 0.15) is 12.0 Å². The molecule has 0 spiro atoms. The smallest absolute Gasteiger partial charge is 0.119 e. The van der Waals surface area contributed by atoms with E-state index in [9.17, 15) is 5.11 Å². The number of allylic oxidation sites excluding steroid dienone is 3. The third kappa shape index (κ3) is 9.08. The highest BCUT2D eigenvalue weighted by Gasteiger charge is 2.22. The second kappa shape index (κ2) is 15.0. The second-order valence-corrected chi connectivity index (χ2v) is 9.61. The maximum absolute atomic E-state index is 10.2. The van der Waals surface area contributed by atoms with Gasteiger partial charge in [-0.2, -0.15) is 0 Å². The van der Waals surface area contributed by atoms with Gasteiger partial charge in [0, 0.05) is 45.0 Å². The molecular weight excluding hydrogens is 440 g/mol. The number of piperidine rings is 1. The summed E-state index contributed by atoms with van der Waals surface area (Å²) < 4.78 is 6.12. The molecule has 2 aliphatic rings. The van der Waals surface area contributed by atoms with Crippen LogP contribution in [-0.2, 0) is 0 Å². The molecule has 1 aromatic carbocycles. The fraction of sp³-hybridized carbons (Fsp3) is 0.607. The van der Waals surface area contributed by atoms with E-state index in [0.29, 0.717) is 12.5 Å². The zero-order valence-corrected chi connectivity index (χ0v) is 21.5. The van der Waals surface area contributed by atoms with Gasteiger partial charge in [0.05, 0.1) is 19.9 Å². The quantitative estimate of drug-likeness (QED) is 0.254. The van der Waals surface area contributed by atoms with E-state index < -0.39 is 6.23 Å². The third-order valence-corrected chi connectivity index (χ3v) is 7.09. The SMILES string of the molecule is CCC(C=NC)=CNCN1CCC(COc2ccc(C3=CCC(C(O)NCCO)CC3)cc2)CC1. The predicted octanol–water partition coefficient (Wildman–Crippen LogP) is 3.40. The number of benzene rings is 1. The number of aliphatic hydroxyl groups excluding tert-OH is 2. The van der Waals surface area contributed by atoms with Crippen LogP contribution >= 0.6 is 0 Å². The molecule has 7 heteroatoms. The van der Waals surface area contributed by atoms with Crippen LogP contribution in [0.1, 0.15) is 51.0 Å². The monoisotopic (exact) mass is 484 g/mol. The zero-order chi connectivity index (χ0) is 24.9. The topological polar surface area (TPSA) is 89.4 Å². The standard InChI is InChI=1S/C28H44N4O3/c1-3-22(18-29-2)19-30-21-32-15-12-23(13-16-32)20-35-27-10-8-25(9-11-27)24-4-6-26(7-5-24)28(34)31-14-17-33/h4,8-11,18-19,23,26,28,30-31,33-34H,3,5-7,12-17,20-21H2,1-2H3. The summed E-state index contributed by atoms with van der Waals surface area (Å²) in [7, 11) is 1.81. The average molecular weight is 485 g/mol. The average Bonchev–Trinajstić information content (AvgIpc) is 2.91. The fourth-order valence-electron chi connectivity index (χ4n) is 4.78. The van der Waals surface area contributed by atoms with Gasteiger partial charge >= 0.3 is 0 Å².